The summed E-state index contributed by atoms with van der Waals surface area (Å²) in [5.74, 6) is -0.0821. The van der Waals surface area contributed by atoms with Crippen molar-refractivity contribution in [1.82, 2.24) is 0 Å². The highest BCUT2D eigenvalue weighted by Crippen LogP contribution is 2.25. The van der Waals surface area contributed by atoms with Crippen molar-refractivity contribution < 1.29 is 9.72 Å². The summed E-state index contributed by atoms with van der Waals surface area (Å²) in [6.07, 6.45) is 0.277. The van der Waals surface area contributed by atoms with Gasteiger partial charge in [0.2, 0.25) is 0 Å². The molecule has 4 nitrogen and oxygen atoms in total. The molecule has 0 fully saturated rings. The van der Waals surface area contributed by atoms with Gasteiger partial charge in [-0.05, 0) is 36.6 Å². The molecule has 0 radical (unpaired) electrons. The third-order valence-corrected chi connectivity index (χ3v) is 4.06. The molecule has 5 heteroatoms. The Hall–Kier alpha value is -2.01. The van der Waals surface area contributed by atoms with Crippen LogP contribution in [0.2, 0.25) is 0 Å². The van der Waals surface area contributed by atoms with Crippen LogP contribution < -0.4 is 0 Å². The highest BCUT2D eigenvalue weighted by molar-refractivity contribution is 7.17. The molecule has 0 N–H and O–H groups in total. The van der Waals surface area contributed by atoms with Gasteiger partial charge in [-0.15, -0.1) is 0 Å². The van der Waals surface area contributed by atoms with Crippen LogP contribution in [0.3, 0.4) is 0 Å². The fourth-order valence-corrected chi connectivity index (χ4v) is 2.52. The Morgan fingerprint density at radius 2 is 1.95 bits per heavy atom. The van der Waals surface area contributed by atoms with Crippen molar-refractivity contribution in [2.45, 2.75) is 20.3 Å². The first-order chi connectivity index (χ1) is 8.97. The number of carbonyl (C=O) groups is 1. The molecule has 2 rings (SSSR count). The minimum absolute atomic E-state index is 0.00318. The van der Waals surface area contributed by atoms with Gasteiger partial charge >= 0.3 is 5.00 Å². The number of Topliss-reactive ketones (excluding diaryl/α,β-unsaturated/α-hetero) is 1. The molecule has 2 aromatic rings. The lowest BCUT2D eigenvalue weighted by Crippen LogP contribution is -2.01. The van der Waals surface area contributed by atoms with Crippen molar-refractivity contribution in [1.29, 1.82) is 0 Å². The van der Waals surface area contributed by atoms with E-state index in [1.165, 1.54) is 17.7 Å². The first-order valence-electron chi connectivity index (χ1n) is 5.81. The van der Waals surface area contributed by atoms with Crippen molar-refractivity contribution in [3.8, 4) is 0 Å². The number of hydrogen-bond acceptors (Lipinski definition) is 4. The molecule has 0 atom stereocenters. The predicted molar refractivity (Wildman–Crippen MR) is 74.9 cm³/mol. The van der Waals surface area contributed by atoms with Crippen LogP contribution in [0.1, 0.15) is 26.4 Å². The predicted octanol–water partition coefficient (Wildman–Crippen LogP) is 3.70. The van der Waals surface area contributed by atoms with Crippen LogP contribution in [-0.2, 0) is 6.42 Å². The molecule has 1 heterocycles. The summed E-state index contributed by atoms with van der Waals surface area (Å²) in [5, 5.41) is 10.6. The third kappa shape index (κ3) is 3.06. The molecular formula is C14H13NO3S. The number of thiophene rings is 1. The number of nitrogens with zero attached hydrogens (tertiary/aromatic N) is 1. The molecule has 0 unspecified atom stereocenters. The first kappa shape index (κ1) is 13.4. The maximum atomic E-state index is 12.0. The van der Waals surface area contributed by atoms with E-state index in [-0.39, 0.29) is 17.2 Å². The van der Waals surface area contributed by atoms with E-state index in [0.29, 0.717) is 4.88 Å². The van der Waals surface area contributed by atoms with Gasteiger partial charge in [0.25, 0.3) is 0 Å². The molecule has 0 bridgehead atoms. The molecule has 0 aliphatic heterocycles. The van der Waals surface area contributed by atoms with Crippen LogP contribution in [0.15, 0.2) is 30.3 Å². The summed E-state index contributed by atoms with van der Waals surface area (Å²) in [6.45, 7) is 4.02. The lowest BCUT2D eigenvalue weighted by molar-refractivity contribution is -0.380. The van der Waals surface area contributed by atoms with Gasteiger partial charge in [-0.1, -0.05) is 29.5 Å². The Bertz CT molecular complexity index is 646. The molecule has 0 spiro atoms. The molecule has 1 aromatic heterocycles. The smallest absolute Gasteiger partial charge is 0.293 e. The molecule has 0 saturated carbocycles. The zero-order valence-electron chi connectivity index (χ0n) is 10.7. The SMILES string of the molecule is Cc1ccc(CC(=O)c2ccc([N+](=O)[O-])s2)cc1C. The maximum Gasteiger partial charge on any atom is 0.324 e. The normalized spacial score (nSPS) is 10.4. The molecule has 0 amide bonds. The number of rotatable bonds is 4. The minimum Gasteiger partial charge on any atom is -0.293 e. The van der Waals surface area contributed by atoms with Gasteiger partial charge < -0.3 is 0 Å². The highest BCUT2D eigenvalue weighted by atomic mass is 32.1. The number of ketones is 1. The van der Waals surface area contributed by atoms with Crippen LogP contribution in [0.4, 0.5) is 5.00 Å². The molecular weight excluding hydrogens is 262 g/mol. The Balaban J connectivity index is 2.15. The average Bonchev–Trinajstić information content (AvgIpc) is 2.83. The van der Waals surface area contributed by atoms with E-state index in [9.17, 15) is 14.9 Å². The number of carbonyl (C=O) groups excluding carboxylic acids is 1. The van der Waals surface area contributed by atoms with Crippen molar-refractivity contribution in [2.75, 3.05) is 0 Å². The zero-order valence-corrected chi connectivity index (χ0v) is 11.5. The van der Waals surface area contributed by atoms with Crippen LogP contribution in [0.5, 0.6) is 0 Å². The van der Waals surface area contributed by atoms with E-state index in [4.69, 9.17) is 0 Å². The summed E-state index contributed by atoms with van der Waals surface area (Å²) in [7, 11) is 0. The van der Waals surface area contributed by atoms with Gasteiger partial charge in [0.15, 0.2) is 5.78 Å². The largest absolute Gasteiger partial charge is 0.324 e. The van der Waals surface area contributed by atoms with Crippen LogP contribution in [-0.4, -0.2) is 10.7 Å². The molecule has 0 saturated heterocycles. The topological polar surface area (TPSA) is 60.2 Å². The van der Waals surface area contributed by atoms with Crippen molar-refractivity contribution in [3.63, 3.8) is 0 Å². The van der Waals surface area contributed by atoms with E-state index < -0.39 is 4.92 Å². The van der Waals surface area contributed by atoms with E-state index in [1.54, 1.807) is 0 Å². The van der Waals surface area contributed by atoms with Crippen molar-refractivity contribution in [3.05, 3.63) is 62.0 Å². The number of hydrogen-bond donors (Lipinski definition) is 0. The third-order valence-electron chi connectivity index (χ3n) is 2.98. The van der Waals surface area contributed by atoms with Gasteiger partial charge in [0, 0.05) is 12.5 Å². The Kier molecular flexibility index (Phi) is 3.76. The van der Waals surface area contributed by atoms with E-state index in [2.05, 4.69) is 0 Å². The van der Waals surface area contributed by atoms with Gasteiger partial charge in [0.1, 0.15) is 0 Å². The molecule has 19 heavy (non-hydrogen) atoms. The van der Waals surface area contributed by atoms with Crippen LogP contribution >= 0.6 is 11.3 Å². The molecule has 0 aliphatic carbocycles. The molecule has 0 aliphatic rings. The Morgan fingerprint density at radius 3 is 2.53 bits per heavy atom. The number of nitro groups is 1. The molecule has 1 aromatic carbocycles. The standard InChI is InChI=1S/C14H13NO3S/c1-9-3-4-11(7-10(9)2)8-12(16)13-5-6-14(19-13)15(17)18/h3-7H,8H2,1-2H3. The monoisotopic (exact) mass is 275 g/mol. The average molecular weight is 275 g/mol. The van der Waals surface area contributed by atoms with E-state index in [0.717, 1.165) is 22.5 Å². The zero-order chi connectivity index (χ0) is 14.0. The second kappa shape index (κ2) is 5.32. The summed E-state index contributed by atoms with van der Waals surface area (Å²) < 4.78 is 0. The second-order valence-electron chi connectivity index (χ2n) is 4.41. The van der Waals surface area contributed by atoms with E-state index >= 15 is 0 Å². The Labute approximate surface area is 114 Å². The highest BCUT2D eigenvalue weighted by Gasteiger charge is 2.15. The summed E-state index contributed by atoms with van der Waals surface area (Å²) >= 11 is 0.927. The lowest BCUT2D eigenvalue weighted by Gasteiger charge is -2.03. The summed E-state index contributed by atoms with van der Waals surface area (Å²) in [6, 6.07) is 8.77. The number of aryl methyl sites for hydroxylation is 2. The fraction of sp³-hybridized carbons (Fsp3) is 0.214. The first-order valence-corrected chi connectivity index (χ1v) is 6.62. The fourth-order valence-electron chi connectivity index (χ4n) is 1.76. The number of benzene rings is 1. The van der Waals surface area contributed by atoms with Crippen LogP contribution in [0, 0.1) is 24.0 Å². The minimum atomic E-state index is -0.475. The van der Waals surface area contributed by atoms with Gasteiger partial charge in [-0.2, -0.15) is 0 Å². The molecule has 98 valence electrons. The van der Waals surface area contributed by atoms with Crippen molar-refractivity contribution >= 4 is 22.1 Å². The van der Waals surface area contributed by atoms with Gasteiger partial charge in [0.05, 0.1) is 9.80 Å². The van der Waals surface area contributed by atoms with E-state index in [1.807, 2.05) is 32.0 Å². The van der Waals surface area contributed by atoms with Gasteiger partial charge in [-0.25, -0.2) is 0 Å². The second-order valence-corrected chi connectivity index (χ2v) is 5.48. The summed E-state index contributed by atoms with van der Waals surface area (Å²) in [5.41, 5.74) is 3.26. The quantitative estimate of drug-likeness (QED) is 0.485. The maximum absolute atomic E-state index is 12.0. The lowest BCUT2D eigenvalue weighted by atomic mass is 10.0. The Morgan fingerprint density at radius 1 is 1.21 bits per heavy atom. The van der Waals surface area contributed by atoms with Gasteiger partial charge in [-0.3, -0.25) is 14.9 Å². The summed E-state index contributed by atoms with van der Waals surface area (Å²) in [4.78, 5) is 22.6. The van der Waals surface area contributed by atoms with Crippen LogP contribution in [0.25, 0.3) is 0 Å². The van der Waals surface area contributed by atoms with Crippen molar-refractivity contribution in [2.24, 2.45) is 0 Å².